The van der Waals surface area contributed by atoms with E-state index in [1.165, 1.54) is 5.56 Å². The first-order chi connectivity index (χ1) is 10.6. The summed E-state index contributed by atoms with van der Waals surface area (Å²) in [6.07, 6.45) is 3.28. The van der Waals surface area contributed by atoms with E-state index in [0.717, 1.165) is 41.9 Å². The Morgan fingerprint density at radius 3 is 2.68 bits per heavy atom. The summed E-state index contributed by atoms with van der Waals surface area (Å²) >= 11 is 0. The molecule has 0 radical (unpaired) electrons. The van der Waals surface area contributed by atoms with Gasteiger partial charge in [-0.2, -0.15) is 5.10 Å². The SMILES string of the molecule is CCCCc1cc(C)nc(NN=C(C)c2ccccc2C)n1. The number of aromatic nitrogens is 2. The van der Waals surface area contributed by atoms with Gasteiger partial charge in [0.25, 0.3) is 0 Å². The lowest BCUT2D eigenvalue weighted by atomic mass is 10.1. The van der Waals surface area contributed by atoms with E-state index in [-0.39, 0.29) is 0 Å². The Balaban J connectivity index is 2.15. The van der Waals surface area contributed by atoms with Crippen LogP contribution in [-0.4, -0.2) is 15.7 Å². The molecule has 0 aliphatic rings. The standard InChI is InChI=1S/C18H24N4/c1-5-6-10-16-12-14(3)19-18(20-16)22-21-15(4)17-11-8-7-9-13(17)2/h7-9,11-12H,5-6,10H2,1-4H3,(H,19,20,22). The number of nitrogens with one attached hydrogen (secondary N) is 1. The second-order valence-corrected chi connectivity index (χ2v) is 5.55. The van der Waals surface area contributed by atoms with Crippen molar-refractivity contribution in [3.8, 4) is 0 Å². The third-order valence-corrected chi connectivity index (χ3v) is 3.55. The Kier molecular flexibility index (Phi) is 5.64. The van der Waals surface area contributed by atoms with E-state index >= 15 is 0 Å². The molecule has 0 fully saturated rings. The molecule has 0 saturated carbocycles. The monoisotopic (exact) mass is 296 g/mol. The van der Waals surface area contributed by atoms with Crippen LogP contribution in [0.3, 0.4) is 0 Å². The van der Waals surface area contributed by atoms with Gasteiger partial charge in [-0.1, -0.05) is 37.6 Å². The highest BCUT2D eigenvalue weighted by atomic mass is 15.4. The van der Waals surface area contributed by atoms with Gasteiger partial charge in [-0.15, -0.1) is 0 Å². The second kappa shape index (κ2) is 7.69. The zero-order chi connectivity index (χ0) is 15.9. The molecule has 4 heteroatoms. The average molecular weight is 296 g/mol. The van der Waals surface area contributed by atoms with Crippen LogP contribution < -0.4 is 5.43 Å². The van der Waals surface area contributed by atoms with Crippen LogP contribution in [0.5, 0.6) is 0 Å². The molecule has 0 aliphatic carbocycles. The molecule has 4 nitrogen and oxygen atoms in total. The predicted octanol–water partition coefficient (Wildman–Crippen LogP) is 4.27. The van der Waals surface area contributed by atoms with Gasteiger partial charge in [0.1, 0.15) is 0 Å². The van der Waals surface area contributed by atoms with E-state index in [1.807, 2.05) is 32.0 Å². The average Bonchev–Trinajstić information content (AvgIpc) is 2.50. The number of hydrogen-bond acceptors (Lipinski definition) is 4. The summed E-state index contributed by atoms with van der Waals surface area (Å²) in [6.45, 7) is 8.24. The van der Waals surface area contributed by atoms with Gasteiger partial charge < -0.3 is 0 Å². The molecule has 1 heterocycles. The molecule has 116 valence electrons. The fraction of sp³-hybridized carbons (Fsp3) is 0.389. The van der Waals surface area contributed by atoms with E-state index in [0.29, 0.717) is 5.95 Å². The minimum absolute atomic E-state index is 0.569. The number of anilines is 1. The van der Waals surface area contributed by atoms with Crippen molar-refractivity contribution < 1.29 is 0 Å². The number of aryl methyl sites for hydroxylation is 3. The molecule has 0 saturated heterocycles. The minimum atomic E-state index is 0.569. The van der Waals surface area contributed by atoms with Crippen LogP contribution in [0.2, 0.25) is 0 Å². The predicted molar refractivity (Wildman–Crippen MR) is 92.4 cm³/mol. The quantitative estimate of drug-likeness (QED) is 0.639. The lowest BCUT2D eigenvalue weighted by Gasteiger charge is -2.07. The number of hydrazone groups is 1. The summed E-state index contributed by atoms with van der Waals surface area (Å²) in [5, 5.41) is 4.43. The maximum absolute atomic E-state index is 4.53. The molecule has 0 aliphatic heterocycles. The Hall–Kier alpha value is -2.23. The number of benzene rings is 1. The van der Waals surface area contributed by atoms with Crippen molar-refractivity contribution in [3.63, 3.8) is 0 Å². The fourth-order valence-electron chi connectivity index (χ4n) is 2.34. The van der Waals surface area contributed by atoms with E-state index in [1.54, 1.807) is 0 Å². The van der Waals surface area contributed by atoms with E-state index in [9.17, 15) is 0 Å². The van der Waals surface area contributed by atoms with Gasteiger partial charge >= 0.3 is 0 Å². The summed E-state index contributed by atoms with van der Waals surface area (Å²) in [7, 11) is 0. The number of unbranched alkanes of at least 4 members (excludes halogenated alkanes) is 1. The topological polar surface area (TPSA) is 50.2 Å². The fourth-order valence-corrected chi connectivity index (χ4v) is 2.34. The van der Waals surface area contributed by atoms with Crippen molar-refractivity contribution >= 4 is 11.7 Å². The molecule has 2 rings (SSSR count). The molecule has 0 unspecified atom stereocenters. The van der Waals surface area contributed by atoms with E-state index in [2.05, 4.69) is 46.5 Å². The lowest BCUT2D eigenvalue weighted by Crippen LogP contribution is -2.05. The normalized spacial score (nSPS) is 11.5. The zero-order valence-corrected chi connectivity index (χ0v) is 13.8. The summed E-state index contributed by atoms with van der Waals surface area (Å²) in [4.78, 5) is 8.93. The summed E-state index contributed by atoms with van der Waals surface area (Å²) in [5.74, 6) is 0.569. The molecule has 0 spiro atoms. The van der Waals surface area contributed by atoms with Gasteiger partial charge in [-0.3, -0.25) is 0 Å². The van der Waals surface area contributed by atoms with Crippen molar-refractivity contribution in [1.29, 1.82) is 0 Å². The Bertz CT molecular complexity index is 662. The third kappa shape index (κ3) is 4.38. The molecular formula is C18H24N4. The molecular weight excluding hydrogens is 272 g/mol. The lowest BCUT2D eigenvalue weighted by molar-refractivity contribution is 0.772. The van der Waals surface area contributed by atoms with Crippen molar-refractivity contribution in [3.05, 3.63) is 52.8 Å². The van der Waals surface area contributed by atoms with Gasteiger partial charge in [-0.05, 0) is 45.2 Å². The minimum Gasteiger partial charge on any atom is -0.245 e. The number of nitrogens with zero attached hydrogens (tertiary/aromatic N) is 3. The Labute approximate surface area is 132 Å². The Morgan fingerprint density at radius 1 is 1.18 bits per heavy atom. The maximum atomic E-state index is 4.53. The van der Waals surface area contributed by atoms with Crippen LogP contribution in [0, 0.1) is 13.8 Å². The van der Waals surface area contributed by atoms with Gasteiger partial charge in [-0.25, -0.2) is 15.4 Å². The van der Waals surface area contributed by atoms with Gasteiger partial charge in [0.05, 0.1) is 5.71 Å². The zero-order valence-electron chi connectivity index (χ0n) is 13.8. The van der Waals surface area contributed by atoms with Crippen LogP contribution >= 0.6 is 0 Å². The highest BCUT2D eigenvalue weighted by Crippen LogP contribution is 2.11. The van der Waals surface area contributed by atoms with Crippen molar-refractivity contribution in [2.75, 3.05) is 5.43 Å². The third-order valence-electron chi connectivity index (χ3n) is 3.55. The Morgan fingerprint density at radius 2 is 1.95 bits per heavy atom. The first-order valence-electron chi connectivity index (χ1n) is 7.81. The maximum Gasteiger partial charge on any atom is 0.243 e. The van der Waals surface area contributed by atoms with Crippen molar-refractivity contribution in [1.82, 2.24) is 9.97 Å². The van der Waals surface area contributed by atoms with Crippen LogP contribution in [-0.2, 0) is 6.42 Å². The largest absolute Gasteiger partial charge is 0.245 e. The molecule has 22 heavy (non-hydrogen) atoms. The van der Waals surface area contributed by atoms with Crippen LogP contribution in [0.15, 0.2) is 35.4 Å². The summed E-state index contributed by atoms with van der Waals surface area (Å²) < 4.78 is 0. The van der Waals surface area contributed by atoms with Crippen LogP contribution in [0.25, 0.3) is 0 Å². The van der Waals surface area contributed by atoms with Crippen molar-refractivity contribution in [2.24, 2.45) is 5.10 Å². The highest BCUT2D eigenvalue weighted by molar-refractivity contribution is 6.00. The molecule has 1 aromatic carbocycles. The smallest absolute Gasteiger partial charge is 0.243 e. The van der Waals surface area contributed by atoms with Crippen LogP contribution in [0.1, 0.15) is 49.2 Å². The first-order valence-corrected chi connectivity index (χ1v) is 7.81. The molecule has 2 aromatic rings. The molecule has 1 N–H and O–H groups in total. The van der Waals surface area contributed by atoms with Gasteiger partial charge in [0, 0.05) is 17.0 Å². The number of hydrogen-bond donors (Lipinski definition) is 1. The second-order valence-electron chi connectivity index (χ2n) is 5.55. The molecule has 0 bridgehead atoms. The number of rotatable bonds is 6. The van der Waals surface area contributed by atoms with Gasteiger partial charge in [0.15, 0.2) is 0 Å². The van der Waals surface area contributed by atoms with Crippen LogP contribution in [0.4, 0.5) is 5.95 Å². The van der Waals surface area contributed by atoms with Gasteiger partial charge in [0.2, 0.25) is 5.95 Å². The van der Waals surface area contributed by atoms with Crippen molar-refractivity contribution in [2.45, 2.75) is 47.0 Å². The molecule has 0 atom stereocenters. The van der Waals surface area contributed by atoms with E-state index in [4.69, 9.17) is 0 Å². The molecule has 0 amide bonds. The highest BCUT2D eigenvalue weighted by Gasteiger charge is 2.04. The van der Waals surface area contributed by atoms with E-state index < -0.39 is 0 Å². The molecule has 1 aromatic heterocycles. The summed E-state index contributed by atoms with van der Waals surface area (Å²) in [5.41, 5.74) is 8.30. The summed E-state index contributed by atoms with van der Waals surface area (Å²) in [6, 6.07) is 10.2. The first kappa shape index (κ1) is 16.1.